The van der Waals surface area contributed by atoms with Crippen molar-refractivity contribution in [1.82, 2.24) is 4.98 Å². The zero-order valence-electron chi connectivity index (χ0n) is 22.2. The molecule has 1 aromatic heterocycles. The van der Waals surface area contributed by atoms with Gasteiger partial charge in [-0.05, 0) is 68.4 Å². The lowest BCUT2D eigenvalue weighted by atomic mass is 9.75. The van der Waals surface area contributed by atoms with Crippen molar-refractivity contribution in [3.63, 3.8) is 0 Å². The summed E-state index contributed by atoms with van der Waals surface area (Å²) < 4.78 is 5.69. The van der Waals surface area contributed by atoms with Crippen molar-refractivity contribution in [1.29, 1.82) is 0 Å². The monoisotopic (exact) mass is 469 g/mol. The van der Waals surface area contributed by atoms with Crippen molar-refractivity contribution in [2.75, 3.05) is 0 Å². The number of nitrogens with zero attached hydrogens (tertiary/aromatic N) is 1. The summed E-state index contributed by atoms with van der Waals surface area (Å²) in [4.78, 5) is 17.2. The molecule has 3 heteroatoms. The summed E-state index contributed by atoms with van der Waals surface area (Å²) in [5.41, 5.74) is 1.10. The van der Waals surface area contributed by atoms with Crippen LogP contribution in [0.25, 0.3) is 0 Å². The second-order valence-electron chi connectivity index (χ2n) is 11.4. The number of unbranched alkanes of at least 4 members (excludes halogenated alkanes) is 5. The first-order valence-corrected chi connectivity index (χ1v) is 14.8. The average Bonchev–Trinajstić information content (AvgIpc) is 2.87. The van der Waals surface area contributed by atoms with E-state index < -0.39 is 0 Å². The van der Waals surface area contributed by atoms with Crippen molar-refractivity contribution in [3.05, 3.63) is 24.0 Å². The Balaban J connectivity index is 1.28. The van der Waals surface area contributed by atoms with Crippen molar-refractivity contribution in [3.8, 4) is 5.75 Å². The minimum Gasteiger partial charge on any atom is -0.425 e. The van der Waals surface area contributed by atoms with Gasteiger partial charge in [0.25, 0.3) is 0 Å². The van der Waals surface area contributed by atoms with Crippen molar-refractivity contribution < 1.29 is 9.53 Å². The lowest BCUT2D eigenvalue weighted by Crippen LogP contribution is -2.26. The van der Waals surface area contributed by atoms with Crippen molar-refractivity contribution in [2.24, 2.45) is 23.7 Å². The van der Waals surface area contributed by atoms with Gasteiger partial charge in [-0.2, -0.15) is 0 Å². The normalized spacial score (nSPS) is 25.2. The summed E-state index contributed by atoms with van der Waals surface area (Å²) in [6, 6.07) is 3.94. The summed E-state index contributed by atoms with van der Waals surface area (Å²) in [6.45, 7) is 4.54. The van der Waals surface area contributed by atoms with Crippen LogP contribution in [0.2, 0.25) is 0 Å². The van der Waals surface area contributed by atoms with Crippen LogP contribution in [0.1, 0.15) is 135 Å². The third-order valence-corrected chi connectivity index (χ3v) is 8.65. The number of hydrogen-bond acceptors (Lipinski definition) is 3. The molecule has 0 unspecified atom stereocenters. The number of esters is 1. The van der Waals surface area contributed by atoms with Gasteiger partial charge in [-0.15, -0.1) is 0 Å². The molecule has 1 aromatic rings. The predicted molar refractivity (Wildman–Crippen MR) is 142 cm³/mol. The molecule has 0 amide bonds. The molecule has 0 N–H and O–H groups in total. The SMILES string of the molecule is CCCCCCc1ccc(OC(=O)C2CCC(CCC3CCC(CCCCC)CC3)CC2)cn1. The number of aryl methyl sites for hydroxylation is 1. The van der Waals surface area contributed by atoms with Crippen LogP contribution in [-0.2, 0) is 11.2 Å². The highest BCUT2D eigenvalue weighted by molar-refractivity contribution is 5.75. The summed E-state index contributed by atoms with van der Waals surface area (Å²) in [7, 11) is 0. The Morgan fingerprint density at radius 3 is 1.94 bits per heavy atom. The highest BCUT2D eigenvalue weighted by Crippen LogP contribution is 2.38. The Bertz CT molecular complexity index is 669. The van der Waals surface area contributed by atoms with Crippen LogP contribution in [0.5, 0.6) is 5.75 Å². The number of carbonyl (C=O) groups is 1. The molecule has 3 nitrogen and oxygen atoms in total. The second-order valence-corrected chi connectivity index (χ2v) is 11.4. The zero-order valence-corrected chi connectivity index (χ0v) is 22.2. The smallest absolute Gasteiger partial charge is 0.314 e. The molecule has 192 valence electrons. The number of ether oxygens (including phenoxy) is 1. The average molecular weight is 470 g/mol. The fourth-order valence-electron chi connectivity index (χ4n) is 6.20. The van der Waals surface area contributed by atoms with Crippen molar-refractivity contribution >= 4 is 5.97 Å². The fourth-order valence-corrected chi connectivity index (χ4v) is 6.20. The minimum absolute atomic E-state index is 0.0441. The molecule has 3 rings (SSSR count). The standard InChI is InChI=1S/C31H51NO2/c1-3-5-7-9-11-29-22-23-30(24-32-29)34-31(33)28-20-18-27(19-21-28)17-16-26-14-12-25(13-15-26)10-8-6-4-2/h22-28H,3-21H2,1-2H3. The first-order valence-electron chi connectivity index (χ1n) is 14.8. The van der Waals surface area contributed by atoms with E-state index in [2.05, 4.69) is 18.8 Å². The molecular weight excluding hydrogens is 418 g/mol. The quantitative estimate of drug-likeness (QED) is 0.201. The number of pyridine rings is 1. The lowest BCUT2D eigenvalue weighted by Gasteiger charge is -2.31. The maximum Gasteiger partial charge on any atom is 0.314 e. The van der Waals surface area contributed by atoms with E-state index in [0.717, 1.165) is 42.7 Å². The molecule has 0 saturated heterocycles. The first-order chi connectivity index (χ1) is 16.7. The van der Waals surface area contributed by atoms with Gasteiger partial charge in [0.1, 0.15) is 5.75 Å². The Hall–Kier alpha value is -1.38. The van der Waals surface area contributed by atoms with Crippen LogP contribution in [0.15, 0.2) is 18.3 Å². The van der Waals surface area contributed by atoms with E-state index in [1.54, 1.807) is 6.20 Å². The van der Waals surface area contributed by atoms with E-state index >= 15 is 0 Å². The van der Waals surface area contributed by atoms with Crippen LogP contribution in [-0.4, -0.2) is 11.0 Å². The third-order valence-electron chi connectivity index (χ3n) is 8.65. The number of aromatic nitrogens is 1. The minimum atomic E-state index is -0.0441. The highest BCUT2D eigenvalue weighted by Gasteiger charge is 2.29. The lowest BCUT2D eigenvalue weighted by molar-refractivity contribution is -0.140. The third kappa shape index (κ3) is 9.70. The maximum atomic E-state index is 12.7. The maximum absolute atomic E-state index is 12.7. The van der Waals surface area contributed by atoms with E-state index in [0.29, 0.717) is 5.75 Å². The largest absolute Gasteiger partial charge is 0.425 e. The topological polar surface area (TPSA) is 39.2 Å². The molecular formula is C31H51NO2. The molecule has 0 bridgehead atoms. The van der Waals surface area contributed by atoms with Gasteiger partial charge in [-0.1, -0.05) is 97.3 Å². The Kier molecular flexibility index (Phi) is 12.5. The first kappa shape index (κ1) is 27.2. The van der Waals surface area contributed by atoms with Crippen LogP contribution in [0, 0.1) is 23.7 Å². The van der Waals surface area contributed by atoms with E-state index in [4.69, 9.17) is 4.74 Å². The van der Waals surface area contributed by atoms with Crippen LogP contribution in [0.4, 0.5) is 0 Å². The molecule has 2 aliphatic rings. The number of hydrogen-bond donors (Lipinski definition) is 0. The summed E-state index contributed by atoms with van der Waals surface area (Å²) in [5.74, 6) is 3.43. The summed E-state index contributed by atoms with van der Waals surface area (Å²) in [6.07, 6.45) is 26.5. The van der Waals surface area contributed by atoms with Gasteiger partial charge < -0.3 is 4.74 Å². The molecule has 0 radical (unpaired) electrons. The summed E-state index contributed by atoms with van der Waals surface area (Å²) >= 11 is 0. The van der Waals surface area contributed by atoms with Gasteiger partial charge in [0, 0.05) is 5.69 Å². The fraction of sp³-hybridized carbons (Fsp3) is 0.806. The zero-order chi connectivity index (χ0) is 24.0. The van der Waals surface area contributed by atoms with Gasteiger partial charge in [-0.3, -0.25) is 9.78 Å². The number of rotatable bonds is 14. The van der Waals surface area contributed by atoms with E-state index in [1.807, 2.05) is 12.1 Å². The van der Waals surface area contributed by atoms with Gasteiger partial charge in [0.2, 0.25) is 0 Å². The molecule has 2 fully saturated rings. The van der Waals surface area contributed by atoms with Crippen LogP contribution < -0.4 is 4.74 Å². The molecule has 0 spiro atoms. The molecule has 0 aliphatic heterocycles. The van der Waals surface area contributed by atoms with Gasteiger partial charge in [0.05, 0.1) is 12.1 Å². The predicted octanol–water partition coefficient (Wildman–Crippen LogP) is 9.08. The molecule has 2 aliphatic carbocycles. The van der Waals surface area contributed by atoms with Gasteiger partial charge >= 0.3 is 5.97 Å². The van der Waals surface area contributed by atoms with Gasteiger partial charge in [0.15, 0.2) is 0 Å². The molecule has 1 heterocycles. The summed E-state index contributed by atoms with van der Waals surface area (Å²) in [5, 5.41) is 0. The highest BCUT2D eigenvalue weighted by atomic mass is 16.5. The number of carbonyl (C=O) groups excluding carboxylic acids is 1. The van der Waals surface area contributed by atoms with Crippen molar-refractivity contribution in [2.45, 2.75) is 136 Å². The molecule has 2 saturated carbocycles. The van der Waals surface area contributed by atoms with Gasteiger partial charge in [-0.25, -0.2) is 0 Å². The molecule has 0 aromatic carbocycles. The molecule has 0 atom stereocenters. The Morgan fingerprint density at radius 2 is 1.35 bits per heavy atom. The molecule has 34 heavy (non-hydrogen) atoms. The van der Waals surface area contributed by atoms with Crippen LogP contribution in [0.3, 0.4) is 0 Å². The van der Waals surface area contributed by atoms with Crippen LogP contribution >= 0.6 is 0 Å². The Labute approximate surface area is 209 Å². The van der Waals surface area contributed by atoms with E-state index in [1.165, 1.54) is 103 Å². The Morgan fingerprint density at radius 1 is 0.765 bits per heavy atom. The van der Waals surface area contributed by atoms with E-state index in [9.17, 15) is 4.79 Å². The second kappa shape index (κ2) is 15.6. The van der Waals surface area contributed by atoms with E-state index in [-0.39, 0.29) is 11.9 Å².